The highest BCUT2D eigenvalue weighted by Crippen LogP contribution is 2.20. The molecule has 0 heterocycles. The molecule has 25 heavy (non-hydrogen) atoms. The fourth-order valence-electron chi connectivity index (χ4n) is 1.77. The molecule has 0 atom stereocenters. The van der Waals surface area contributed by atoms with Gasteiger partial charge >= 0.3 is 23.2 Å². The monoisotopic (exact) mass is 356 g/mol. The molecule has 0 radical (unpaired) electrons. The molecule has 0 aromatic heterocycles. The van der Waals surface area contributed by atoms with Gasteiger partial charge in [-0.15, -0.1) is 0 Å². The summed E-state index contributed by atoms with van der Waals surface area (Å²) < 4.78 is 9.11. The van der Waals surface area contributed by atoms with Gasteiger partial charge in [0.1, 0.15) is 16.2 Å². The maximum Gasteiger partial charge on any atom is 0.513 e. The number of nitrogens with zero attached hydrogens (tertiary/aromatic N) is 1. The van der Waals surface area contributed by atoms with Crippen molar-refractivity contribution in [2.24, 2.45) is 0 Å². The van der Waals surface area contributed by atoms with Crippen molar-refractivity contribution in [1.82, 2.24) is 0 Å². The van der Waals surface area contributed by atoms with Gasteiger partial charge in [0.25, 0.3) is 0 Å². The largest absolute Gasteiger partial charge is 0.513 e. The van der Waals surface area contributed by atoms with E-state index in [0.717, 1.165) is 0 Å². The Bertz CT molecular complexity index is 629. The minimum atomic E-state index is -1.75. The van der Waals surface area contributed by atoms with E-state index in [9.17, 15) is 19.3 Å². The topological polar surface area (TPSA) is 128 Å². The van der Waals surface area contributed by atoms with Crippen LogP contribution in [-0.4, -0.2) is 42.0 Å². The summed E-state index contributed by atoms with van der Waals surface area (Å²) >= 11 is 0. The number of unbranched alkanes of at least 4 members (excludes halogenated alkanes) is 2. The van der Waals surface area contributed by atoms with Gasteiger partial charge in [-0.25, -0.2) is 9.59 Å². The van der Waals surface area contributed by atoms with Crippen LogP contribution in [0.15, 0.2) is 24.3 Å². The van der Waals surface area contributed by atoms with Gasteiger partial charge in [0, 0.05) is 6.42 Å². The first-order chi connectivity index (χ1) is 11.9. The predicted octanol–water partition coefficient (Wildman–Crippen LogP) is 2.26. The van der Waals surface area contributed by atoms with Crippen LogP contribution < -0.4 is 4.74 Å². The second-order valence-electron chi connectivity index (χ2n) is 4.68. The minimum absolute atomic E-state index is 0.0125. The normalized spacial score (nSPS) is 9.80. The van der Waals surface area contributed by atoms with Gasteiger partial charge in [0.2, 0.25) is 0 Å². The molecule has 0 unspecified atom stereocenters. The molecular weight excluding hydrogens is 338 g/mol. The zero-order valence-corrected chi connectivity index (χ0v) is 13.5. The molecule has 0 bridgehead atoms. The van der Waals surface area contributed by atoms with E-state index in [0.29, 0.717) is 19.3 Å². The molecule has 0 saturated heterocycles. The van der Waals surface area contributed by atoms with Crippen molar-refractivity contribution < 1.29 is 43.7 Å². The number of carbonyl (C=O) groups is 3. The predicted molar refractivity (Wildman–Crippen MR) is 80.6 cm³/mol. The van der Waals surface area contributed by atoms with E-state index in [1.54, 1.807) is 0 Å². The molecule has 0 aliphatic carbocycles. The molecule has 0 amide bonds. The highest BCUT2D eigenvalue weighted by atomic mass is 17.0. The van der Waals surface area contributed by atoms with E-state index in [1.165, 1.54) is 31.4 Å². The molecule has 1 rings (SSSR count). The molecule has 10 nitrogen and oxygen atoms in total. The lowest BCUT2D eigenvalue weighted by molar-refractivity contribution is -0.977. The quantitative estimate of drug-likeness (QED) is 0.221. The van der Waals surface area contributed by atoms with Gasteiger partial charge in [0.05, 0.1) is 0 Å². The molecule has 1 N–H and O–H groups in total. The number of para-hydroxylation sites is 1. The lowest BCUT2D eigenvalue weighted by atomic mass is 10.2. The summed E-state index contributed by atoms with van der Waals surface area (Å²) in [6.45, 7) is 0.149. The molecular formula is C15H18NO9+. The summed E-state index contributed by atoms with van der Waals surface area (Å²) in [5.74, 6) is -1.80. The number of hydrogen-bond acceptors (Lipinski definition) is 8. The molecule has 0 saturated carbocycles. The third kappa shape index (κ3) is 7.77. The highest BCUT2D eigenvalue weighted by molar-refractivity contribution is 5.97. The summed E-state index contributed by atoms with van der Waals surface area (Å²) in [4.78, 5) is 53.3. The zero-order chi connectivity index (χ0) is 18.7. The Balaban J connectivity index is 2.41. The second-order valence-corrected chi connectivity index (χ2v) is 4.68. The van der Waals surface area contributed by atoms with Crippen LogP contribution in [0.4, 0.5) is 4.79 Å². The molecule has 1 aromatic rings. The molecule has 0 spiro atoms. The third-order valence-electron chi connectivity index (χ3n) is 2.88. The average Bonchev–Trinajstić information content (AvgIpc) is 2.57. The number of esters is 2. The van der Waals surface area contributed by atoms with E-state index in [4.69, 9.17) is 9.84 Å². The second kappa shape index (κ2) is 10.6. The number of carboxylic acid groups (broad SMARTS) is 1. The Hall–Kier alpha value is -3.17. The third-order valence-corrected chi connectivity index (χ3v) is 2.88. The SMILES string of the molecule is CO[N+](=O)OCCCCCC(=O)Oc1ccccc1C(=O)OC(=O)O. The van der Waals surface area contributed by atoms with Gasteiger partial charge in [-0.2, -0.15) is 9.68 Å². The van der Waals surface area contributed by atoms with E-state index in [1.807, 2.05) is 0 Å². The molecule has 0 aliphatic heterocycles. The van der Waals surface area contributed by atoms with Crippen LogP contribution in [0.2, 0.25) is 0 Å². The van der Waals surface area contributed by atoms with E-state index < -0.39 is 18.1 Å². The summed E-state index contributed by atoms with van der Waals surface area (Å²) in [5, 5.41) is 8.45. The number of benzene rings is 1. The van der Waals surface area contributed by atoms with Crippen molar-refractivity contribution in [3.05, 3.63) is 34.7 Å². The fourth-order valence-corrected chi connectivity index (χ4v) is 1.77. The molecule has 136 valence electrons. The Morgan fingerprint density at radius 1 is 1.12 bits per heavy atom. The number of carbonyl (C=O) groups excluding carboxylic acids is 2. The standard InChI is InChI=1S/C15H17NO9/c1-22-16(21)23-10-6-2-3-9-13(17)24-12-8-5-4-7-11(12)14(18)25-15(19)20/h4-5,7-8H,2-3,6,9-10H2,1H3/p+1. The Morgan fingerprint density at radius 3 is 2.52 bits per heavy atom. The van der Waals surface area contributed by atoms with Gasteiger partial charge in [0.15, 0.2) is 13.7 Å². The molecule has 10 heteroatoms. The lowest BCUT2D eigenvalue weighted by Crippen LogP contribution is -2.14. The van der Waals surface area contributed by atoms with Crippen LogP contribution in [0.25, 0.3) is 0 Å². The van der Waals surface area contributed by atoms with Crippen molar-refractivity contribution in [3.63, 3.8) is 0 Å². The molecule has 0 fully saturated rings. The molecule has 1 aromatic carbocycles. The highest BCUT2D eigenvalue weighted by Gasteiger charge is 2.18. The fraction of sp³-hybridized carbons (Fsp3) is 0.400. The first-order valence-corrected chi connectivity index (χ1v) is 7.33. The maximum absolute atomic E-state index is 11.8. The lowest BCUT2D eigenvalue weighted by Gasteiger charge is -2.08. The Labute approximate surface area is 142 Å². The summed E-state index contributed by atoms with van der Waals surface area (Å²) in [6, 6.07) is 5.66. The Morgan fingerprint density at radius 2 is 1.84 bits per heavy atom. The van der Waals surface area contributed by atoms with Crippen LogP contribution in [0.1, 0.15) is 36.0 Å². The van der Waals surface area contributed by atoms with Crippen LogP contribution in [0.3, 0.4) is 0 Å². The summed E-state index contributed by atoms with van der Waals surface area (Å²) in [5.41, 5.74) is -0.165. The van der Waals surface area contributed by atoms with Crippen LogP contribution in [-0.2, 0) is 19.2 Å². The van der Waals surface area contributed by atoms with E-state index in [2.05, 4.69) is 14.4 Å². The Kier molecular flexibility index (Phi) is 8.41. The van der Waals surface area contributed by atoms with Crippen LogP contribution >= 0.6 is 0 Å². The van der Waals surface area contributed by atoms with Crippen LogP contribution in [0, 0.1) is 4.91 Å². The van der Waals surface area contributed by atoms with Gasteiger partial charge < -0.3 is 14.6 Å². The average molecular weight is 356 g/mol. The van der Waals surface area contributed by atoms with Crippen molar-refractivity contribution in [2.45, 2.75) is 25.7 Å². The van der Waals surface area contributed by atoms with E-state index >= 15 is 0 Å². The smallest absolute Gasteiger partial charge is 0.449 e. The summed E-state index contributed by atoms with van der Waals surface area (Å²) in [7, 11) is 1.17. The first kappa shape index (κ1) is 19.9. The van der Waals surface area contributed by atoms with Gasteiger partial charge in [-0.1, -0.05) is 12.1 Å². The zero-order valence-electron chi connectivity index (χ0n) is 13.5. The van der Waals surface area contributed by atoms with Crippen molar-refractivity contribution in [3.8, 4) is 5.75 Å². The van der Waals surface area contributed by atoms with Crippen molar-refractivity contribution in [2.75, 3.05) is 13.7 Å². The number of ether oxygens (including phenoxy) is 2. The summed E-state index contributed by atoms with van der Waals surface area (Å²) in [6.07, 6.45) is -0.0473. The van der Waals surface area contributed by atoms with Crippen LogP contribution in [0.5, 0.6) is 5.75 Å². The first-order valence-electron chi connectivity index (χ1n) is 7.33. The van der Waals surface area contributed by atoms with Gasteiger partial charge in [-0.05, 0) is 31.4 Å². The minimum Gasteiger partial charge on any atom is -0.449 e. The van der Waals surface area contributed by atoms with Gasteiger partial charge in [-0.3, -0.25) is 4.79 Å². The van der Waals surface area contributed by atoms with Crippen molar-refractivity contribution in [1.29, 1.82) is 0 Å². The van der Waals surface area contributed by atoms with Crippen molar-refractivity contribution >= 4 is 18.1 Å². The number of rotatable bonds is 10. The number of hydrogen-bond donors (Lipinski definition) is 1. The van der Waals surface area contributed by atoms with E-state index in [-0.39, 0.29) is 29.4 Å². The maximum atomic E-state index is 11.8. The molecule has 0 aliphatic rings.